The van der Waals surface area contributed by atoms with Crippen molar-refractivity contribution in [2.75, 3.05) is 24.6 Å². The fraction of sp³-hybridized carbons (Fsp3) is 0.556. The molecule has 94 valence electrons. The van der Waals surface area contributed by atoms with Gasteiger partial charge < -0.3 is 21.1 Å². The molecule has 1 amide bonds. The van der Waals surface area contributed by atoms with E-state index in [-0.39, 0.29) is 36.5 Å². The van der Waals surface area contributed by atoms with E-state index >= 15 is 0 Å². The van der Waals surface area contributed by atoms with E-state index in [1.54, 1.807) is 7.05 Å². The Bertz CT molecular complexity index is 395. The van der Waals surface area contributed by atoms with Crippen molar-refractivity contribution < 1.29 is 9.53 Å². The van der Waals surface area contributed by atoms with Crippen molar-refractivity contribution in [2.24, 2.45) is 0 Å². The van der Waals surface area contributed by atoms with E-state index < -0.39 is 0 Å². The standard InChI is InChI=1S/C9H16N6O2/c1-5(2)17-9-14-7(10)13-8(15-9)12-4-6(16)11-3/h5H,4H2,1-3H3,(H,11,16)(H3,10,12,13,14,15). The van der Waals surface area contributed by atoms with Gasteiger partial charge in [-0.05, 0) is 13.8 Å². The molecule has 0 saturated heterocycles. The first-order valence-corrected chi connectivity index (χ1v) is 5.14. The lowest BCUT2D eigenvalue weighted by Gasteiger charge is -2.09. The quantitative estimate of drug-likeness (QED) is 0.629. The van der Waals surface area contributed by atoms with E-state index in [0.29, 0.717) is 0 Å². The van der Waals surface area contributed by atoms with Crippen LogP contribution in [0.15, 0.2) is 0 Å². The number of anilines is 2. The van der Waals surface area contributed by atoms with E-state index in [1.807, 2.05) is 13.8 Å². The van der Waals surface area contributed by atoms with Gasteiger partial charge in [0.25, 0.3) is 0 Å². The van der Waals surface area contributed by atoms with E-state index in [1.165, 1.54) is 0 Å². The number of likely N-dealkylation sites (N-methyl/N-ethyl adjacent to an activating group) is 1. The summed E-state index contributed by atoms with van der Waals surface area (Å²) in [7, 11) is 1.54. The second-order valence-corrected chi connectivity index (χ2v) is 3.49. The van der Waals surface area contributed by atoms with Crippen LogP contribution in [0.5, 0.6) is 6.01 Å². The van der Waals surface area contributed by atoms with Crippen LogP contribution in [0.4, 0.5) is 11.9 Å². The van der Waals surface area contributed by atoms with Gasteiger partial charge in [-0.3, -0.25) is 4.79 Å². The predicted molar refractivity (Wildman–Crippen MR) is 62.6 cm³/mol. The number of hydrogen-bond donors (Lipinski definition) is 3. The number of aromatic nitrogens is 3. The molecular formula is C9H16N6O2. The maximum absolute atomic E-state index is 11.0. The molecule has 1 heterocycles. The van der Waals surface area contributed by atoms with Gasteiger partial charge in [0, 0.05) is 7.05 Å². The van der Waals surface area contributed by atoms with Crippen LogP contribution >= 0.6 is 0 Å². The van der Waals surface area contributed by atoms with Crippen LogP contribution < -0.4 is 21.1 Å². The van der Waals surface area contributed by atoms with Crippen molar-refractivity contribution >= 4 is 17.8 Å². The Morgan fingerprint density at radius 1 is 1.41 bits per heavy atom. The summed E-state index contributed by atoms with van der Waals surface area (Å²) in [5.74, 6) is 0.0575. The number of nitrogens with two attached hydrogens (primary N) is 1. The Morgan fingerprint density at radius 3 is 2.71 bits per heavy atom. The molecule has 0 fully saturated rings. The van der Waals surface area contributed by atoms with Gasteiger partial charge in [0.05, 0.1) is 12.6 Å². The Kier molecular flexibility index (Phi) is 4.44. The SMILES string of the molecule is CNC(=O)CNc1nc(N)nc(OC(C)C)n1. The van der Waals surface area contributed by atoms with Crippen molar-refractivity contribution in [3.8, 4) is 6.01 Å². The molecule has 0 radical (unpaired) electrons. The summed E-state index contributed by atoms with van der Waals surface area (Å²) in [5, 5.41) is 5.18. The van der Waals surface area contributed by atoms with E-state index in [4.69, 9.17) is 10.5 Å². The molecule has 0 spiro atoms. The number of nitrogens with zero attached hydrogens (tertiary/aromatic N) is 3. The van der Waals surface area contributed by atoms with E-state index in [9.17, 15) is 4.79 Å². The van der Waals surface area contributed by atoms with Crippen molar-refractivity contribution in [1.29, 1.82) is 0 Å². The minimum absolute atomic E-state index is 0.0371. The minimum atomic E-state index is -0.185. The summed E-state index contributed by atoms with van der Waals surface area (Å²) in [4.78, 5) is 22.6. The van der Waals surface area contributed by atoms with Crippen molar-refractivity contribution in [2.45, 2.75) is 20.0 Å². The first-order chi connectivity index (χ1) is 8.01. The highest BCUT2D eigenvalue weighted by molar-refractivity contribution is 5.79. The summed E-state index contributed by atoms with van der Waals surface area (Å²) in [5.41, 5.74) is 5.49. The maximum atomic E-state index is 11.0. The monoisotopic (exact) mass is 240 g/mol. The average molecular weight is 240 g/mol. The fourth-order valence-electron chi connectivity index (χ4n) is 0.962. The molecule has 8 nitrogen and oxygen atoms in total. The third-order valence-electron chi connectivity index (χ3n) is 1.66. The zero-order valence-corrected chi connectivity index (χ0v) is 10.0. The topological polar surface area (TPSA) is 115 Å². The van der Waals surface area contributed by atoms with Crippen LogP contribution in [0.1, 0.15) is 13.8 Å². The number of hydrogen-bond acceptors (Lipinski definition) is 7. The molecule has 0 unspecified atom stereocenters. The van der Waals surface area contributed by atoms with Crippen molar-refractivity contribution in [3.05, 3.63) is 0 Å². The van der Waals surface area contributed by atoms with E-state index in [2.05, 4.69) is 25.6 Å². The van der Waals surface area contributed by atoms with Crippen LogP contribution in [0.2, 0.25) is 0 Å². The molecule has 0 aromatic carbocycles. The third-order valence-corrected chi connectivity index (χ3v) is 1.66. The number of nitrogens with one attached hydrogen (secondary N) is 2. The number of carbonyl (C=O) groups excluding carboxylic acids is 1. The highest BCUT2D eigenvalue weighted by atomic mass is 16.5. The summed E-state index contributed by atoms with van der Waals surface area (Å²) < 4.78 is 5.29. The van der Waals surface area contributed by atoms with Gasteiger partial charge in [0.2, 0.25) is 17.8 Å². The molecule has 4 N–H and O–H groups in total. The summed E-state index contributed by atoms with van der Waals surface area (Å²) >= 11 is 0. The number of amides is 1. The van der Waals surface area contributed by atoms with Crippen LogP contribution in [0.3, 0.4) is 0 Å². The third kappa shape index (κ3) is 4.49. The fourth-order valence-corrected chi connectivity index (χ4v) is 0.962. The summed E-state index contributed by atoms with van der Waals surface area (Å²) in [6.45, 7) is 3.75. The molecule has 1 aromatic rings. The normalized spacial score (nSPS) is 10.1. The Labute approximate surface area is 99.0 Å². The lowest BCUT2D eigenvalue weighted by atomic mass is 10.5. The van der Waals surface area contributed by atoms with Crippen LogP contribution in [0, 0.1) is 0 Å². The number of nitrogen functional groups attached to an aromatic ring is 1. The molecule has 1 rings (SSSR count). The first-order valence-electron chi connectivity index (χ1n) is 5.14. The van der Waals surface area contributed by atoms with Gasteiger partial charge in [0.15, 0.2) is 0 Å². The number of carbonyl (C=O) groups is 1. The zero-order valence-electron chi connectivity index (χ0n) is 10.0. The molecule has 0 atom stereocenters. The predicted octanol–water partition coefficient (Wildman–Crippen LogP) is -0.601. The van der Waals surface area contributed by atoms with E-state index in [0.717, 1.165) is 0 Å². The molecule has 0 aliphatic carbocycles. The van der Waals surface area contributed by atoms with Crippen LogP contribution in [0.25, 0.3) is 0 Å². The van der Waals surface area contributed by atoms with Gasteiger partial charge in [-0.1, -0.05) is 0 Å². The van der Waals surface area contributed by atoms with Gasteiger partial charge in [-0.2, -0.15) is 15.0 Å². The Morgan fingerprint density at radius 2 is 2.12 bits per heavy atom. The lowest BCUT2D eigenvalue weighted by molar-refractivity contribution is -0.118. The number of ether oxygens (including phenoxy) is 1. The summed E-state index contributed by atoms with van der Waals surface area (Å²) in [6, 6.07) is 0.131. The highest BCUT2D eigenvalue weighted by Crippen LogP contribution is 2.09. The first kappa shape index (κ1) is 12.9. The molecule has 1 aromatic heterocycles. The second kappa shape index (κ2) is 5.83. The van der Waals surface area contributed by atoms with Gasteiger partial charge in [-0.15, -0.1) is 0 Å². The smallest absolute Gasteiger partial charge is 0.323 e. The highest BCUT2D eigenvalue weighted by Gasteiger charge is 2.07. The zero-order chi connectivity index (χ0) is 12.8. The lowest BCUT2D eigenvalue weighted by Crippen LogP contribution is -2.27. The van der Waals surface area contributed by atoms with Crippen LogP contribution in [-0.4, -0.2) is 40.6 Å². The van der Waals surface area contributed by atoms with Gasteiger partial charge in [-0.25, -0.2) is 0 Å². The maximum Gasteiger partial charge on any atom is 0.323 e. The minimum Gasteiger partial charge on any atom is -0.461 e. The van der Waals surface area contributed by atoms with Crippen LogP contribution in [-0.2, 0) is 4.79 Å². The average Bonchev–Trinajstić information content (AvgIpc) is 2.24. The Hall–Kier alpha value is -2.12. The molecular weight excluding hydrogens is 224 g/mol. The second-order valence-electron chi connectivity index (χ2n) is 3.49. The van der Waals surface area contributed by atoms with Gasteiger partial charge in [0.1, 0.15) is 0 Å². The number of rotatable bonds is 5. The molecule has 0 bridgehead atoms. The van der Waals surface area contributed by atoms with Gasteiger partial charge >= 0.3 is 6.01 Å². The largest absolute Gasteiger partial charge is 0.461 e. The molecule has 8 heteroatoms. The molecule has 0 saturated carbocycles. The molecule has 17 heavy (non-hydrogen) atoms. The Balaban J connectivity index is 2.71. The molecule has 0 aliphatic rings. The molecule has 0 aliphatic heterocycles. The van der Waals surface area contributed by atoms with Crippen molar-refractivity contribution in [1.82, 2.24) is 20.3 Å². The summed E-state index contributed by atoms with van der Waals surface area (Å²) in [6.07, 6.45) is -0.0661. The van der Waals surface area contributed by atoms with Crippen molar-refractivity contribution in [3.63, 3.8) is 0 Å².